The molecule has 0 spiro atoms. The van der Waals surface area contributed by atoms with Crippen LogP contribution in [0.5, 0.6) is 11.5 Å². The average molecular weight is 1590 g/mol. The summed E-state index contributed by atoms with van der Waals surface area (Å²) in [6.07, 6.45) is 4.11. The second-order valence-electron chi connectivity index (χ2n) is 25.8. The first kappa shape index (κ1) is 79.6. The van der Waals surface area contributed by atoms with Crippen molar-refractivity contribution >= 4 is 137 Å². The fourth-order valence-corrected chi connectivity index (χ4v) is 12.3. The van der Waals surface area contributed by atoms with E-state index in [0.717, 1.165) is 67.5 Å². The standard InChI is InChI=1S/C25H22ClN3O3.C21H13ClF3N5O.C21H14ClN3O.C19H18ClN3O/c1-14-5-8-22-24(15(14)2)29-23(13-27-22)20-11-17(6-7-21(20)26)28-25(30)16-9-18(31-3)12-19(10-16)32-4;1-11-13(5-7-18(28-11)21(23,24)25)20(31)29-12-4-6-15(22)14(9-12)17-10-27-16-3-2-8-26-19(16)30-17;22-17-11-10-15(24-21(26)14-6-2-1-3-7-14)12-16(17)20-13-23-18-8-4-5-9-19(18)25-20;1-12(2)9-19(24)22-13-7-8-15(20)14(10-13)18-11-21-16-5-3-4-6-17(16)23-18/h5-13H,1-4H3,(H,28,30);2-10H,1H3,(H,29,31);1-13H,(H,24,26);3-8,10-12H,9H2,1-2H3,(H,22,24). The molecular weight excluding hydrogens is 1520 g/mol. The molecule has 9 aromatic carbocycles. The van der Waals surface area contributed by atoms with E-state index in [1.54, 1.807) is 134 Å². The number of para-hydroxylation sites is 4. The van der Waals surface area contributed by atoms with E-state index in [9.17, 15) is 32.3 Å². The van der Waals surface area contributed by atoms with Gasteiger partial charge < -0.3 is 30.7 Å². The predicted octanol–water partition coefficient (Wildman–Crippen LogP) is 21.3. The summed E-state index contributed by atoms with van der Waals surface area (Å²) in [5, 5.41) is 13.4. The highest BCUT2D eigenvalue weighted by Gasteiger charge is 2.33. The molecule has 0 aliphatic carbocycles. The van der Waals surface area contributed by atoms with Crippen LogP contribution in [0.2, 0.25) is 20.1 Å². The number of ether oxygens (including phenoxy) is 2. The number of nitrogens with zero attached hydrogens (tertiary/aromatic N) is 10. The van der Waals surface area contributed by atoms with Crippen LogP contribution in [0, 0.1) is 26.7 Å². The van der Waals surface area contributed by atoms with Crippen molar-refractivity contribution in [2.75, 3.05) is 35.5 Å². The number of aryl methyl sites for hydroxylation is 3. The Labute approximate surface area is 666 Å². The Morgan fingerprint density at radius 3 is 1.34 bits per heavy atom. The Bertz CT molecular complexity index is 6080. The molecular formula is C86H67Cl4F3N14O6. The maximum Gasteiger partial charge on any atom is 0.433 e. The van der Waals surface area contributed by atoms with Gasteiger partial charge in [-0.3, -0.25) is 39.1 Å². The van der Waals surface area contributed by atoms with Crippen LogP contribution in [-0.4, -0.2) is 87.7 Å². The van der Waals surface area contributed by atoms with Crippen molar-refractivity contribution in [1.82, 2.24) is 49.8 Å². The summed E-state index contributed by atoms with van der Waals surface area (Å²) in [4.78, 5) is 93.6. The lowest BCUT2D eigenvalue weighted by atomic mass is 10.1. The van der Waals surface area contributed by atoms with Crippen molar-refractivity contribution in [3.63, 3.8) is 0 Å². The van der Waals surface area contributed by atoms with Crippen molar-refractivity contribution < 1.29 is 41.8 Å². The van der Waals surface area contributed by atoms with Gasteiger partial charge >= 0.3 is 6.18 Å². The molecule has 6 aromatic heterocycles. The van der Waals surface area contributed by atoms with Gasteiger partial charge in [0.15, 0.2) is 5.65 Å². The number of alkyl halides is 3. The zero-order chi connectivity index (χ0) is 80.0. The van der Waals surface area contributed by atoms with Gasteiger partial charge in [-0.2, -0.15) is 13.2 Å². The van der Waals surface area contributed by atoms with Crippen LogP contribution < -0.4 is 30.7 Å². The molecule has 0 saturated heterocycles. The Balaban J connectivity index is 0.000000140. The first-order valence-corrected chi connectivity index (χ1v) is 36.4. The molecule has 0 unspecified atom stereocenters. The SMILES string of the molecule is CC(C)CC(=O)Nc1ccc(Cl)c(-c2cnc3ccccc3n2)c1.COc1cc(OC)cc(C(=O)Nc2ccc(Cl)c(-c3cnc4ccc(C)c(C)c4n3)c2)c1.Cc1nc(C(F)(F)F)ccc1C(=O)Nc1ccc(Cl)c(-c2cnc3cccnc3n2)c1.O=C(Nc1ccc(Cl)c(-c2cnc3ccccc3n2)c1)c1ccccc1. The molecule has 0 fully saturated rings. The average Bonchev–Trinajstić information content (AvgIpc) is 0.789. The van der Waals surface area contributed by atoms with Gasteiger partial charge in [0.2, 0.25) is 5.91 Å². The van der Waals surface area contributed by atoms with Crippen LogP contribution in [0.3, 0.4) is 0 Å². The molecule has 566 valence electrons. The van der Waals surface area contributed by atoms with E-state index in [0.29, 0.717) is 123 Å². The number of anilines is 4. The third-order valence-electron chi connectivity index (χ3n) is 17.3. The monoisotopic (exact) mass is 1590 g/mol. The van der Waals surface area contributed by atoms with E-state index in [1.807, 2.05) is 119 Å². The van der Waals surface area contributed by atoms with Crippen molar-refractivity contribution in [2.24, 2.45) is 5.92 Å². The molecule has 15 rings (SSSR count). The maximum atomic E-state index is 12.9. The first-order valence-electron chi connectivity index (χ1n) is 34.9. The highest BCUT2D eigenvalue weighted by molar-refractivity contribution is 6.35. The number of nitrogens with one attached hydrogen (secondary N) is 4. The molecule has 20 nitrogen and oxygen atoms in total. The topological polar surface area (TPSA) is 264 Å². The second-order valence-corrected chi connectivity index (χ2v) is 27.4. The Morgan fingerprint density at radius 2 is 0.850 bits per heavy atom. The largest absolute Gasteiger partial charge is 0.497 e. The lowest BCUT2D eigenvalue weighted by Crippen LogP contribution is -2.16. The third kappa shape index (κ3) is 20.0. The molecule has 27 heteroatoms. The number of fused-ring (bicyclic) bond motifs is 4. The number of halogens is 7. The number of carbonyl (C=O) groups excluding carboxylic acids is 4. The number of hydrogen-bond acceptors (Lipinski definition) is 16. The lowest BCUT2D eigenvalue weighted by molar-refractivity contribution is -0.141. The molecule has 0 aliphatic rings. The van der Waals surface area contributed by atoms with Gasteiger partial charge in [0.05, 0.1) is 126 Å². The smallest absolute Gasteiger partial charge is 0.433 e. The molecule has 6 heterocycles. The Kier molecular flexibility index (Phi) is 25.2. The van der Waals surface area contributed by atoms with Crippen molar-refractivity contribution in [3.05, 3.63) is 297 Å². The predicted molar refractivity (Wildman–Crippen MR) is 439 cm³/mol. The molecule has 0 saturated carbocycles. The summed E-state index contributed by atoms with van der Waals surface area (Å²) in [5.41, 5.74) is 15.5. The summed E-state index contributed by atoms with van der Waals surface area (Å²) in [6, 6.07) is 59.5. The van der Waals surface area contributed by atoms with Crippen LogP contribution >= 0.6 is 46.4 Å². The molecule has 0 bridgehead atoms. The number of benzene rings is 9. The van der Waals surface area contributed by atoms with Gasteiger partial charge in [0.25, 0.3) is 17.7 Å². The van der Waals surface area contributed by atoms with Gasteiger partial charge in [-0.15, -0.1) is 0 Å². The quantitative estimate of drug-likeness (QED) is 0.0743. The highest BCUT2D eigenvalue weighted by atomic mass is 35.5. The summed E-state index contributed by atoms with van der Waals surface area (Å²) in [5.74, 6) is 0.283. The van der Waals surface area contributed by atoms with Gasteiger partial charge in [-0.25, -0.2) is 29.9 Å². The zero-order valence-electron chi connectivity index (χ0n) is 61.4. The van der Waals surface area contributed by atoms with Crippen LogP contribution in [0.4, 0.5) is 35.9 Å². The van der Waals surface area contributed by atoms with Crippen molar-refractivity contribution in [3.8, 4) is 56.5 Å². The molecule has 0 aliphatic heterocycles. The number of rotatable bonds is 15. The highest BCUT2D eigenvalue weighted by Crippen LogP contribution is 2.37. The molecule has 113 heavy (non-hydrogen) atoms. The number of amides is 4. The molecule has 4 N–H and O–H groups in total. The number of carbonyl (C=O) groups is 4. The Hall–Kier alpha value is -12.9. The van der Waals surface area contributed by atoms with E-state index >= 15 is 0 Å². The van der Waals surface area contributed by atoms with E-state index in [1.165, 1.54) is 21.1 Å². The molecule has 0 atom stereocenters. The summed E-state index contributed by atoms with van der Waals surface area (Å²) < 4.78 is 48.9. The number of hydrogen-bond donors (Lipinski definition) is 4. The van der Waals surface area contributed by atoms with E-state index in [4.69, 9.17) is 60.9 Å². The summed E-state index contributed by atoms with van der Waals surface area (Å²) >= 11 is 25.5. The minimum atomic E-state index is -4.58. The minimum absolute atomic E-state index is 0.0112. The van der Waals surface area contributed by atoms with E-state index in [2.05, 4.69) is 66.1 Å². The fraction of sp³-hybridized carbons (Fsp3) is 0.116. The maximum absolute atomic E-state index is 12.9. The summed E-state index contributed by atoms with van der Waals surface area (Å²) in [6.45, 7) is 9.43. The molecule has 15 aromatic rings. The van der Waals surface area contributed by atoms with Crippen LogP contribution in [0.1, 0.15) is 73.9 Å². The molecule has 0 radical (unpaired) electrons. The van der Waals surface area contributed by atoms with Gasteiger partial charge in [-0.1, -0.05) is 109 Å². The van der Waals surface area contributed by atoms with Crippen molar-refractivity contribution in [2.45, 2.75) is 47.2 Å². The van der Waals surface area contributed by atoms with Crippen LogP contribution in [0.25, 0.3) is 89.3 Å². The zero-order valence-corrected chi connectivity index (χ0v) is 64.4. The van der Waals surface area contributed by atoms with Crippen molar-refractivity contribution in [1.29, 1.82) is 0 Å². The van der Waals surface area contributed by atoms with Gasteiger partial charge in [-0.05, 0) is 189 Å². The normalized spacial score (nSPS) is 11.0. The molecule has 4 amide bonds. The summed E-state index contributed by atoms with van der Waals surface area (Å²) in [7, 11) is 3.07. The minimum Gasteiger partial charge on any atom is -0.497 e. The van der Waals surface area contributed by atoms with Crippen LogP contribution in [-0.2, 0) is 11.0 Å². The van der Waals surface area contributed by atoms with Gasteiger partial charge in [0.1, 0.15) is 22.7 Å². The van der Waals surface area contributed by atoms with E-state index in [-0.39, 0.29) is 29.0 Å². The first-order chi connectivity index (χ1) is 54.3. The fourth-order valence-electron chi connectivity index (χ4n) is 11.5. The van der Waals surface area contributed by atoms with Gasteiger partial charge in [0, 0.05) is 74.8 Å². The lowest BCUT2D eigenvalue weighted by Gasteiger charge is -2.12. The number of methoxy groups -OCH3 is 2. The second kappa shape index (κ2) is 35.8. The third-order valence-corrected chi connectivity index (χ3v) is 18.7. The van der Waals surface area contributed by atoms with Crippen LogP contribution in [0.15, 0.2) is 237 Å². The van der Waals surface area contributed by atoms with E-state index < -0.39 is 17.8 Å². The number of pyridine rings is 2. The Morgan fingerprint density at radius 1 is 0.416 bits per heavy atom. The number of aromatic nitrogens is 10.